The summed E-state index contributed by atoms with van der Waals surface area (Å²) in [6.45, 7) is 4.90. The van der Waals surface area contributed by atoms with E-state index >= 15 is 0 Å². The molecule has 23 heavy (non-hydrogen) atoms. The average Bonchev–Trinajstić information content (AvgIpc) is 2.56. The first-order valence-corrected chi connectivity index (χ1v) is 7.83. The number of allylic oxidation sites excluding steroid dienone is 1. The second kappa shape index (κ2) is 10.4. The van der Waals surface area contributed by atoms with Crippen LogP contribution in [-0.2, 0) is 6.54 Å². The molecule has 0 saturated carbocycles. The smallest absolute Gasteiger partial charge is 0.193 e. The van der Waals surface area contributed by atoms with E-state index in [0.717, 1.165) is 38.2 Å². The zero-order valence-corrected chi connectivity index (χ0v) is 14.0. The van der Waals surface area contributed by atoms with Crippen LogP contribution in [0.4, 0.5) is 4.39 Å². The Balaban J connectivity index is 2.50. The second-order valence-electron chi connectivity index (χ2n) is 5.38. The first-order chi connectivity index (χ1) is 11.1. The zero-order valence-electron chi connectivity index (χ0n) is 14.0. The number of halogens is 1. The molecule has 1 rings (SSSR count). The van der Waals surface area contributed by atoms with Gasteiger partial charge in [0.15, 0.2) is 5.96 Å². The maximum Gasteiger partial charge on any atom is 0.193 e. The predicted octanol–water partition coefficient (Wildman–Crippen LogP) is 3.45. The lowest BCUT2D eigenvalue weighted by atomic mass is 10.1. The maximum atomic E-state index is 13.8. The van der Waals surface area contributed by atoms with Crippen molar-refractivity contribution in [2.24, 2.45) is 4.99 Å². The molecule has 0 aliphatic rings. The Morgan fingerprint density at radius 2 is 2.22 bits per heavy atom. The van der Waals surface area contributed by atoms with Crippen molar-refractivity contribution in [2.75, 3.05) is 20.6 Å². The number of benzene rings is 1. The summed E-state index contributed by atoms with van der Waals surface area (Å²) >= 11 is 0. The van der Waals surface area contributed by atoms with Gasteiger partial charge in [0.25, 0.3) is 0 Å². The summed E-state index contributed by atoms with van der Waals surface area (Å²) in [6.07, 6.45) is 6.35. The van der Waals surface area contributed by atoms with E-state index in [1.54, 1.807) is 13.1 Å². The Morgan fingerprint density at radius 3 is 2.87 bits per heavy atom. The molecular weight excluding hydrogens is 291 g/mol. The van der Waals surface area contributed by atoms with Crippen molar-refractivity contribution in [1.82, 2.24) is 10.2 Å². The number of rotatable bonds is 8. The van der Waals surface area contributed by atoms with Crippen LogP contribution in [-0.4, -0.2) is 31.5 Å². The van der Waals surface area contributed by atoms with Crippen LogP contribution in [0.25, 0.3) is 0 Å². The molecule has 1 aromatic rings. The third-order valence-electron chi connectivity index (χ3n) is 3.59. The van der Waals surface area contributed by atoms with E-state index in [1.165, 1.54) is 12.1 Å². The van der Waals surface area contributed by atoms with Crippen LogP contribution in [0.5, 0.6) is 0 Å². The predicted molar refractivity (Wildman–Crippen MR) is 92.6 cm³/mol. The van der Waals surface area contributed by atoms with Crippen molar-refractivity contribution in [3.8, 4) is 6.07 Å². The molecule has 0 aliphatic carbocycles. The van der Waals surface area contributed by atoms with Crippen LogP contribution in [0, 0.1) is 17.1 Å². The highest BCUT2D eigenvalue weighted by Gasteiger charge is 2.08. The number of unbranched alkanes of at least 4 members (excludes halogenated alkanes) is 3. The summed E-state index contributed by atoms with van der Waals surface area (Å²) in [6, 6.07) is 6.38. The van der Waals surface area contributed by atoms with E-state index in [4.69, 9.17) is 5.26 Å². The highest BCUT2D eigenvalue weighted by molar-refractivity contribution is 5.79. The highest BCUT2D eigenvalue weighted by atomic mass is 19.1. The van der Waals surface area contributed by atoms with Gasteiger partial charge in [-0.05, 0) is 37.5 Å². The van der Waals surface area contributed by atoms with E-state index in [-0.39, 0.29) is 5.82 Å². The van der Waals surface area contributed by atoms with Gasteiger partial charge in [0.1, 0.15) is 5.82 Å². The fourth-order valence-corrected chi connectivity index (χ4v) is 2.26. The largest absolute Gasteiger partial charge is 0.352 e. The number of guanidine groups is 1. The van der Waals surface area contributed by atoms with Crippen LogP contribution in [0.15, 0.2) is 35.8 Å². The molecule has 0 atom stereocenters. The number of aliphatic imine (C=N–C) groups is 1. The fourth-order valence-electron chi connectivity index (χ4n) is 2.26. The van der Waals surface area contributed by atoms with E-state index in [1.807, 2.05) is 24.1 Å². The molecule has 0 fully saturated rings. The molecule has 1 N–H and O–H groups in total. The molecule has 0 aromatic heterocycles. The lowest BCUT2D eigenvalue weighted by Crippen LogP contribution is -2.39. The zero-order chi connectivity index (χ0) is 17.1. The van der Waals surface area contributed by atoms with Gasteiger partial charge in [0, 0.05) is 32.7 Å². The minimum atomic E-state index is -0.320. The molecule has 0 spiro atoms. The number of nitrogens with zero attached hydrogens (tertiary/aromatic N) is 3. The van der Waals surface area contributed by atoms with Gasteiger partial charge in [0.2, 0.25) is 0 Å². The third-order valence-corrected chi connectivity index (χ3v) is 3.59. The van der Waals surface area contributed by atoms with Gasteiger partial charge in [-0.2, -0.15) is 5.26 Å². The highest BCUT2D eigenvalue weighted by Crippen LogP contribution is 2.10. The summed E-state index contributed by atoms with van der Waals surface area (Å²) in [5.41, 5.74) is 0.915. The molecular formula is C18H25FN4. The van der Waals surface area contributed by atoms with E-state index < -0.39 is 0 Å². The summed E-state index contributed by atoms with van der Waals surface area (Å²) in [7, 11) is 3.67. The minimum Gasteiger partial charge on any atom is -0.352 e. The molecule has 0 bridgehead atoms. The van der Waals surface area contributed by atoms with Gasteiger partial charge >= 0.3 is 0 Å². The van der Waals surface area contributed by atoms with Gasteiger partial charge in [-0.1, -0.05) is 12.5 Å². The van der Waals surface area contributed by atoms with Crippen LogP contribution in [0.2, 0.25) is 0 Å². The summed E-state index contributed by atoms with van der Waals surface area (Å²) in [5, 5.41) is 12.0. The monoisotopic (exact) mass is 316 g/mol. The van der Waals surface area contributed by atoms with Crippen LogP contribution >= 0.6 is 0 Å². The van der Waals surface area contributed by atoms with Crippen LogP contribution in [0.1, 0.15) is 36.8 Å². The van der Waals surface area contributed by atoms with Crippen molar-refractivity contribution in [3.05, 3.63) is 47.8 Å². The fraction of sp³-hybridized carbons (Fsp3) is 0.444. The first-order valence-electron chi connectivity index (χ1n) is 7.83. The Bertz CT molecular complexity index is 575. The Kier molecular flexibility index (Phi) is 8.45. The number of nitriles is 1. The summed E-state index contributed by atoms with van der Waals surface area (Å²) in [5.74, 6) is 0.398. The van der Waals surface area contributed by atoms with Crippen molar-refractivity contribution in [2.45, 2.75) is 32.2 Å². The van der Waals surface area contributed by atoms with E-state index in [9.17, 15) is 4.39 Å². The molecule has 4 nitrogen and oxygen atoms in total. The Morgan fingerprint density at radius 1 is 1.43 bits per heavy atom. The Hall–Kier alpha value is -2.35. The summed E-state index contributed by atoms with van der Waals surface area (Å²) in [4.78, 5) is 6.25. The minimum absolute atomic E-state index is 0.300. The van der Waals surface area contributed by atoms with Crippen LogP contribution < -0.4 is 5.32 Å². The van der Waals surface area contributed by atoms with Crippen molar-refractivity contribution < 1.29 is 4.39 Å². The molecule has 0 radical (unpaired) electrons. The average molecular weight is 316 g/mol. The SMILES string of the molecule is C=CCCCCCN(C)C(=NC)NCc1cc(C#N)ccc1F. The number of nitrogens with one attached hydrogen (secondary N) is 1. The number of hydrogen-bond donors (Lipinski definition) is 1. The quantitative estimate of drug-likeness (QED) is 0.346. The normalized spacial score (nSPS) is 11.0. The Labute approximate surface area is 138 Å². The molecule has 124 valence electrons. The van der Waals surface area contributed by atoms with Crippen molar-refractivity contribution >= 4 is 5.96 Å². The molecule has 0 aliphatic heterocycles. The van der Waals surface area contributed by atoms with Gasteiger partial charge in [-0.25, -0.2) is 4.39 Å². The number of hydrogen-bond acceptors (Lipinski definition) is 2. The van der Waals surface area contributed by atoms with Crippen molar-refractivity contribution in [1.29, 1.82) is 5.26 Å². The van der Waals surface area contributed by atoms with Gasteiger partial charge in [0.05, 0.1) is 11.6 Å². The molecule has 1 aromatic carbocycles. The molecule has 5 heteroatoms. The molecule has 0 saturated heterocycles. The van der Waals surface area contributed by atoms with Gasteiger partial charge in [-0.15, -0.1) is 6.58 Å². The van der Waals surface area contributed by atoms with Crippen molar-refractivity contribution in [3.63, 3.8) is 0 Å². The van der Waals surface area contributed by atoms with E-state index in [0.29, 0.717) is 17.7 Å². The second-order valence-corrected chi connectivity index (χ2v) is 5.38. The van der Waals surface area contributed by atoms with Gasteiger partial charge < -0.3 is 10.2 Å². The standard InChI is InChI=1S/C18H25FN4/c1-4-5-6-7-8-11-23(3)18(21-2)22-14-16-12-15(13-20)9-10-17(16)19/h4,9-10,12H,1,5-8,11,14H2,2-3H3,(H,21,22). The van der Waals surface area contributed by atoms with E-state index in [2.05, 4.69) is 16.9 Å². The molecule has 0 heterocycles. The lowest BCUT2D eigenvalue weighted by molar-refractivity contribution is 0.454. The summed E-state index contributed by atoms with van der Waals surface area (Å²) < 4.78 is 13.8. The van der Waals surface area contributed by atoms with Gasteiger partial charge in [-0.3, -0.25) is 4.99 Å². The third kappa shape index (κ3) is 6.52. The topological polar surface area (TPSA) is 51.4 Å². The first kappa shape index (κ1) is 18.7. The lowest BCUT2D eigenvalue weighted by Gasteiger charge is -2.22. The molecule has 0 amide bonds. The maximum absolute atomic E-state index is 13.8. The van der Waals surface area contributed by atoms with Crippen LogP contribution in [0.3, 0.4) is 0 Å². The molecule has 0 unspecified atom stereocenters.